The normalized spacial score (nSPS) is 17.5. The first-order valence-electron chi connectivity index (χ1n) is 7.72. The first-order valence-corrected chi connectivity index (χ1v) is 9.16. The number of piperazine rings is 1. The van der Waals surface area contributed by atoms with Crippen molar-refractivity contribution >= 4 is 21.1 Å². The quantitative estimate of drug-likeness (QED) is 0.734. The lowest BCUT2D eigenvalue weighted by molar-refractivity contribution is 0.222. The van der Waals surface area contributed by atoms with E-state index in [9.17, 15) is 8.42 Å². The van der Waals surface area contributed by atoms with Crippen LogP contribution in [0.25, 0.3) is 22.6 Å². The molecule has 0 radical (unpaired) electrons. The number of sulfonamides is 1. The number of hydrogen-bond acceptors (Lipinski definition) is 5. The van der Waals surface area contributed by atoms with E-state index in [-0.39, 0.29) is 0 Å². The van der Waals surface area contributed by atoms with Crippen molar-refractivity contribution in [1.29, 1.82) is 0 Å². The Morgan fingerprint density at radius 3 is 2.62 bits per heavy atom. The van der Waals surface area contributed by atoms with Crippen LogP contribution in [-0.4, -0.2) is 71.0 Å². The van der Waals surface area contributed by atoms with Crippen LogP contribution in [0.5, 0.6) is 0 Å². The van der Waals surface area contributed by atoms with Crippen molar-refractivity contribution in [2.75, 3.05) is 33.2 Å². The van der Waals surface area contributed by atoms with E-state index in [1.807, 2.05) is 7.05 Å². The number of H-pyrrole nitrogens is 2. The molecule has 1 aromatic carbocycles. The summed E-state index contributed by atoms with van der Waals surface area (Å²) in [6.45, 7) is 2.52. The van der Waals surface area contributed by atoms with Crippen molar-refractivity contribution in [3.63, 3.8) is 0 Å². The fourth-order valence-corrected chi connectivity index (χ4v) is 4.29. The van der Waals surface area contributed by atoms with Crippen LogP contribution in [-0.2, 0) is 10.0 Å². The molecule has 0 saturated carbocycles. The van der Waals surface area contributed by atoms with E-state index >= 15 is 0 Å². The number of aromatic amines is 2. The number of fused-ring (bicyclic) bond motifs is 1. The number of aromatic nitrogens is 4. The van der Waals surface area contributed by atoms with Gasteiger partial charge < -0.3 is 9.88 Å². The highest BCUT2D eigenvalue weighted by Gasteiger charge is 2.27. The third kappa shape index (κ3) is 2.60. The molecule has 0 aliphatic carbocycles. The zero-order valence-corrected chi connectivity index (χ0v) is 14.0. The number of benzene rings is 1. The van der Waals surface area contributed by atoms with Crippen LogP contribution in [0.1, 0.15) is 0 Å². The number of nitrogens with zero attached hydrogens (tertiary/aromatic N) is 4. The van der Waals surface area contributed by atoms with Crippen molar-refractivity contribution in [2.24, 2.45) is 0 Å². The van der Waals surface area contributed by atoms with Gasteiger partial charge in [0.15, 0.2) is 5.82 Å². The molecule has 0 spiro atoms. The van der Waals surface area contributed by atoms with E-state index in [4.69, 9.17) is 0 Å². The van der Waals surface area contributed by atoms with Gasteiger partial charge >= 0.3 is 0 Å². The molecule has 1 saturated heterocycles. The van der Waals surface area contributed by atoms with Gasteiger partial charge in [0.1, 0.15) is 5.69 Å². The van der Waals surface area contributed by atoms with Crippen molar-refractivity contribution < 1.29 is 8.42 Å². The van der Waals surface area contributed by atoms with Crippen LogP contribution in [0, 0.1) is 0 Å². The summed E-state index contributed by atoms with van der Waals surface area (Å²) < 4.78 is 27.2. The average molecular weight is 346 g/mol. The zero-order valence-electron chi connectivity index (χ0n) is 13.2. The fraction of sp³-hybridized carbons (Fsp3) is 0.333. The van der Waals surface area contributed by atoms with E-state index < -0.39 is 10.0 Å². The number of imidazole rings is 1. The monoisotopic (exact) mass is 346 g/mol. The summed E-state index contributed by atoms with van der Waals surface area (Å²) >= 11 is 0. The minimum Gasteiger partial charge on any atom is -0.337 e. The second-order valence-corrected chi connectivity index (χ2v) is 7.88. The maximum Gasteiger partial charge on any atom is 0.243 e. The number of likely N-dealkylation sites (N-methyl/N-ethyl adjacent to an activating group) is 1. The molecular formula is C15H18N6O2S. The molecule has 9 heteroatoms. The molecule has 0 bridgehead atoms. The number of rotatable bonds is 3. The fourth-order valence-electron chi connectivity index (χ4n) is 2.84. The van der Waals surface area contributed by atoms with Crippen molar-refractivity contribution in [3.8, 4) is 11.5 Å². The van der Waals surface area contributed by atoms with Crippen molar-refractivity contribution in [2.45, 2.75) is 4.90 Å². The van der Waals surface area contributed by atoms with E-state index in [0.717, 1.165) is 24.3 Å². The van der Waals surface area contributed by atoms with Gasteiger partial charge in [0.05, 0.1) is 15.9 Å². The Balaban J connectivity index is 1.69. The Morgan fingerprint density at radius 2 is 1.92 bits per heavy atom. The lowest BCUT2D eigenvalue weighted by Gasteiger charge is -2.31. The molecule has 2 N–H and O–H groups in total. The highest BCUT2D eigenvalue weighted by atomic mass is 32.2. The van der Waals surface area contributed by atoms with Gasteiger partial charge in [-0.15, -0.1) is 0 Å². The largest absolute Gasteiger partial charge is 0.337 e. The van der Waals surface area contributed by atoms with E-state index in [0.29, 0.717) is 29.3 Å². The van der Waals surface area contributed by atoms with Crippen LogP contribution in [0.15, 0.2) is 35.4 Å². The first-order chi connectivity index (χ1) is 11.5. The molecule has 3 heterocycles. The molecule has 0 unspecified atom stereocenters. The second-order valence-electron chi connectivity index (χ2n) is 5.94. The first kappa shape index (κ1) is 15.3. The Bertz CT molecular complexity index is 955. The Morgan fingerprint density at radius 1 is 1.12 bits per heavy atom. The van der Waals surface area contributed by atoms with E-state index in [1.165, 1.54) is 0 Å². The molecule has 1 fully saturated rings. The zero-order chi connectivity index (χ0) is 16.7. The van der Waals surface area contributed by atoms with Crippen molar-refractivity contribution in [1.82, 2.24) is 29.4 Å². The summed E-state index contributed by atoms with van der Waals surface area (Å²) in [5.41, 5.74) is 2.17. The topological polar surface area (TPSA) is 98.0 Å². The molecule has 1 aliphatic heterocycles. The van der Waals surface area contributed by atoms with Gasteiger partial charge in [-0.2, -0.15) is 9.40 Å². The molecule has 8 nitrogen and oxygen atoms in total. The maximum absolute atomic E-state index is 12.8. The molecule has 126 valence electrons. The molecule has 4 rings (SSSR count). The highest BCUT2D eigenvalue weighted by Crippen LogP contribution is 2.24. The molecule has 3 aromatic rings. The molecular weight excluding hydrogens is 328 g/mol. The number of hydrogen-bond donors (Lipinski definition) is 2. The van der Waals surface area contributed by atoms with Crippen molar-refractivity contribution in [3.05, 3.63) is 30.5 Å². The lowest BCUT2D eigenvalue weighted by atomic mass is 10.3. The average Bonchev–Trinajstić information content (AvgIpc) is 3.23. The summed E-state index contributed by atoms with van der Waals surface area (Å²) in [7, 11) is -1.49. The van der Waals surface area contributed by atoms with Gasteiger partial charge in [-0.25, -0.2) is 13.4 Å². The van der Waals surface area contributed by atoms with E-state index in [2.05, 4.69) is 25.1 Å². The molecule has 0 amide bonds. The minimum absolute atomic E-state index is 0.291. The molecule has 24 heavy (non-hydrogen) atoms. The molecule has 1 aliphatic rings. The smallest absolute Gasteiger partial charge is 0.243 e. The van der Waals surface area contributed by atoms with Crippen LogP contribution in [0.4, 0.5) is 0 Å². The number of nitrogens with one attached hydrogen (secondary N) is 2. The summed E-state index contributed by atoms with van der Waals surface area (Å²) in [5.74, 6) is 0.636. The Kier molecular flexibility index (Phi) is 3.63. The van der Waals surface area contributed by atoms with Crippen LogP contribution in [0.2, 0.25) is 0 Å². The lowest BCUT2D eigenvalue weighted by Crippen LogP contribution is -2.46. The highest BCUT2D eigenvalue weighted by molar-refractivity contribution is 7.89. The second kappa shape index (κ2) is 5.69. The summed E-state index contributed by atoms with van der Waals surface area (Å²) in [5, 5.41) is 6.74. The Labute approximate surface area is 139 Å². The van der Waals surface area contributed by atoms with Gasteiger partial charge in [0, 0.05) is 32.4 Å². The molecule has 0 atom stereocenters. The van der Waals surface area contributed by atoms with E-state index in [1.54, 1.807) is 34.8 Å². The van der Waals surface area contributed by atoms with Gasteiger partial charge in [0.2, 0.25) is 10.0 Å². The van der Waals surface area contributed by atoms with Crippen LogP contribution in [0.3, 0.4) is 0 Å². The minimum atomic E-state index is -3.48. The molecule has 2 aromatic heterocycles. The van der Waals surface area contributed by atoms with Gasteiger partial charge in [-0.1, -0.05) is 0 Å². The maximum atomic E-state index is 12.8. The van der Waals surface area contributed by atoms with Crippen LogP contribution < -0.4 is 0 Å². The SMILES string of the molecule is CN1CCN(S(=O)(=O)c2ccc3nc(-c4ccn[nH]4)[nH]c3c2)CC1. The summed E-state index contributed by atoms with van der Waals surface area (Å²) in [6, 6.07) is 6.80. The Hall–Kier alpha value is -2.23. The summed E-state index contributed by atoms with van der Waals surface area (Å²) in [6.07, 6.45) is 1.64. The standard InChI is InChI=1S/C15H18N6O2S/c1-20-6-8-21(9-7-20)24(22,23)11-2-3-12-14(10-11)18-15(17-12)13-4-5-16-19-13/h2-5,10H,6-9H2,1H3,(H,16,19)(H,17,18). The predicted octanol–water partition coefficient (Wildman–Crippen LogP) is 0.889. The third-order valence-electron chi connectivity index (χ3n) is 4.31. The van der Waals surface area contributed by atoms with Gasteiger partial charge in [-0.05, 0) is 31.3 Å². The summed E-state index contributed by atoms with van der Waals surface area (Å²) in [4.78, 5) is 10.0. The third-order valence-corrected chi connectivity index (χ3v) is 6.20. The van der Waals surface area contributed by atoms with Crippen LogP contribution >= 0.6 is 0 Å². The van der Waals surface area contributed by atoms with Gasteiger partial charge in [0.25, 0.3) is 0 Å². The predicted molar refractivity (Wildman–Crippen MR) is 89.9 cm³/mol. The van der Waals surface area contributed by atoms with Gasteiger partial charge in [-0.3, -0.25) is 5.10 Å².